The quantitative estimate of drug-likeness (QED) is 0.319. The summed E-state index contributed by atoms with van der Waals surface area (Å²) >= 11 is 0. The van der Waals surface area contributed by atoms with E-state index in [0.29, 0.717) is 6.54 Å². The topological polar surface area (TPSA) is 148 Å². The van der Waals surface area contributed by atoms with Crippen molar-refractivity contribution in [3.8, 4) is 0 Å². The molecule has 1 amide bonds. The zero-order valence-electron chi connectivity index (χ0n) is 12.9. The van der Waals surface area contributed by atoms with Gasteiger partial charge >= 0.3 is 5.97 Å². The number of hydrogen-bond donors (Lipinski definition) is 4. The molecule has 0 aliphatic rings. The number of nitrogens with two attached hydrogens (primary N) is 1. The van der Waals surface area contributed by atoms with Crippen LogP contribution in [0.1, 0.15) is 20.3 Å². The predicted octanol–water partition coefficient (Wildman–Crippen LogP) is 1.20. The van der Waals surface area contributed by atoms with Crippen LogP contribution in [0.25, 0.3) is 0 Å². The highest BCUT2D eigenvalue weighted by Crippen LogP contribution is 2.24. The molecule has 23 heavy (non-hydrogen) atoms. The predicted molar refractivity (Wildman–Crippen MR) is 85.0 cm³/mol. The lowest BCUT2D eigenvalue weighted by molar-refractivity contribution is -0.384. The fourth-order valence-electron chi connectivity index (χ4n) is 1.78. The molecule has 0 aliphatic carbocycles. The van der Waals surface area contributed by atoms with Crippen molar-refractivity contribution in [1.82, 2.24) is 5.32 Å². The van der Waals surface area contributed by atoms with Gasteiger partial charge in [-0.15, -0.1) is 0 Å². The Balaban J connectivity index is 2.76. The zero-order valence-corrected chi connectivity index (χ0v) is 12.9. The summed E-state index contributed by atoms with van der Waals surface area (Å²) in [5.74, 6) is -1.51. The second-order valence-corrected chi connectivity index (χ2v) is 5.47. The number of nitrogens with zero attached hydrogens (tertiary/aromatic N) is 1. The number of anilines is 2. The van der Waals surface area contributed by atoms with Gasteiger partial charge in [0.1, 0.15) is 6.04 Å². The van der Waals surface area contributed by atoms with Gasteiger partial charge in [-0.3, -0.25) is 19.7 Å². The molecule has 1 unspecified atom stereocenters. The number of rotatable bonds is 8. The van der Waals surface area contributed by atoms with Crippen LogP contribution >= 0.6 is 0 Å². The standard InChI is InChI=1S/C14H20N4O5/c1-8(2)7-16-12(14(20)21)6-13(19)17-11-5-9(18(22)23)3-4-10(11)15/h3-5,8,12,16H,6-7,15H2,1-2H3,(H,17,19)(H,20,21). The SMILES string of the molecule is CC(C)CNC(CC(=O)Nc1cc([N+](=O)[O-])ccc1N)C(=O)O. The number of carboxylic acid groups (broad SMARTS) is 1. The van der Waals surface area contributed by atoms with Gasteiger partial charge in [0, 0.05) is 12.1 Å². The summed E-state index contributed by atoms with van der Waals surface area (Å²) in [4.78, 5) is 33.2. The number of hydrogen-bond acceptors (Lipinski definition) is 6. The Hall–Kier alpha value is -2.68. The van der Waals surface area contributed by atoms with Crippen molar-refractivity contribution in [3.63, 3.8) is 0 Å². The van der Waals surface area contributed by atoms with E-state index < -0.39 is 22.8 Å². The number of nitro benzene ring substituents is 1. The average Bonchev–Trinajstić information content (AvgIpc) is 2.44. The minimum atomic E-state index is -1.15. The van der Waals surface area contributed by atoms with E-state index in [1.807, 2.05) is 13.8 Å². The maximum absolute atomic E-state index is 12.0. The first-order valence-electron chi connectivity index (χ1n) is 7.00. The zero-order chi connectivity index (χ0) is 17.6. The summed E-state index contributed by atoms with van der Waals surface area (Å²) in [7, 11) is 0. The summed E-state index contributed by atoms with van der Waals surface area (Å²) in [6.45, 7) is 4.27. The van der Waals surface area contributed by atoms with E-state index in [1.165, 1.54) is 12.1 Å². The van der Waals surface area contributed by atoms with E-state index in [9.17, 15) is 19.7 Å². The smallest absolute Gasteiger partial charge is 0.321 e. The molecular formula is C14H20N4O5. The number of carbonyl (C=O) groups excluding carboxylic acids is 1. The molecule has 9 heteroatoms. The number of nitrogen functional groups attached to an aromatic ring is 1. The average molecular weight is 324 g/mol. The summed E-state index contributed by atoms with van der Waals surface area (Å²) in [6.07, 6.45) is -0.315. The first-order valence-corrected chi connectivity index (χ1v) is 7.00. The molecule has 5 N–H and O–H groups in total. The molecular weight excluding hydrogens is 304 g/mol. The Morgan fingerprint density at radius 1 is 1.39 bits per heavy atom. The maximum atomic E-state index is 12.0. The first kappa shape index (κ1) is 18.4. The van der Waals surface area contributed by atoms with Crippen molar-refractivity contribution in [2.24, 2.45) is 5.92 Å². The van der Waals surface area contributed by atoms with Gasteiger partial charge < -0.3 is 21.5 Å². The van der Waals surface area contributed by atoms with Crippen molar-refractivity contribution >= 4 is 28.9 Å². The van der Waals surface area contributed by atoms with Crippen LogP contribution in [0.15, 0.2) is 18.2 Å². The van der Waals surface area contributed by atoms with E-state index in [0.717, 1.165) is 6.07 Å². The number of nitro groups is 1. The highest BCUT2D eigenvalue weighted by molar-refractivity contribution is 5.96. The van der Waals surface area contributed by atoms with Crippen LogP contribution in [0.3, 0.4) is 0 Å². The van der Waals surface area contributed by atoms with Crippen molar-refractivity contribution in [3.05, 3.63) is 28.3 Å². The molecule has 1 aromatic rings. The summed E-state index contributed by atoms with van der Waals surface area (Å²) in [5, 5.41) is 25.0. The molecule has 0 saturated heterocycles. The lowest BCUT2D eigenvalue weighted by atomic mass is 10.1. The van der Waals surface area contributed by atoms with Crippen LogP contribution in [0, 0.1) is 16.0 Å². The molecule has 1 rings (SSSR count). The van der Waals surface area contributed by atoms with Crippen molar-refractivity contribution in [2.75, 3.05) is 17.6 Å². The molecule has 0 saturated carbocycles. The number of benzene rings is 1. The lowest BCUT2D eigenvalue weighted by Gasteiger charge is -2.16. The first-order chi connectivity index (χ1) is 10.7. The molecule has 0 bridgehead atoms. The molecule has 0 heterocycles. The lowest BCUT2D eigenvalue weighted by Crippen LogP contribution is -2.41. The molecule has 126 valence electrons. The second-order valence-electron chi connectivity index (χ2n) is 5.47. The molecule has 0 radical (unpaired) electrons. The molecule has 0 aromatic heterocycles. The van der Waals surface area contributed by atoms with Crippen LogP contribution in [0.4, 0.5) is 17.1 Å². The maximum Gasteiger partial charge on any atom is 0.321 e. The van der Waals surface area contributed by atoms with E-state index >= 15 is 0 Å². The third kappa shape index (κ3) is 5.91. The van der Waals surface area contributed by atoms with Crippen molar-refractivity contribution in [1.29, 1.82) is 0 Å². The number of aliphatic carboxylic acids is 1. The van der Waals surface area contributed by atoms with Gasteiger partial charge in [0.05, 0.1) is 22.7 Å². The monoisotopic (exact) mass is 324 g/mol. The van der Waals surface area contributed by atoms with Crippen molar-refractivity contribution in [2.45, 2.75) is 26.3 Å². The fraction of sp³-hybridized carbons (Fsp3) is 0.429. The highest BCUT2D eigenvalue weighted by Gasteiger charge is 2.21. The van der Waals surface area contributed by atoms with Gasteiger partial charge in [-0.2, -0.15) is 0 Å². The molecule has 1 atom stereocenters. The van der Waals surface area contributed by atoms with Crippen LogP contribution in [-0.4, -0.2) is 34.5 Å². The molecule has 0 fully saturated rings. The fourth-order valence-corrected chi connectivity index (χ4v) is 1.78. The van der Waals surface area contributed by atoms with E-state index in [2.05, 4.69) is 10.6 Å². The van der Waals surface area contributed by atoms with Gasteiger partial charge in [-0.25, -0.2) is 0 Å². The third-order valence-corrected chi connectivity index (χ3v) is 2.98. The van der Waals surface area contributed by atoms with Gasteiger partial charge in [0.2, 0.25) is 5.91 Å². The normalized spacial score (nSPS) is 12.0. The van der Waals surface area contributed by atoms with Gasteiger partial charge in [-0.1, -0.05) is 13.8 Å². The summed E-state index contributed by atoms with van der Waals surface area (Å²) < 4.78 is 0. The van der Waals surface area contributed by atoms with Crippen LogP contribution < -0.4 is 16.4 Å². The van der Waals surface area contributed by atoms with Crippen LogP contribution in [-0.2, 0) is 9.59 Å². The molecule has 0 aliphatic heterocycles. The number of nitrogens with one attached hydrogen (secondary N) is 2. The van der Waals surface area contributed by atoms with Gasteiger partial charge in [0.15, 0.2) is 0 Å². The molecule has 1 aromatic carbocycles. The second kappa shape index (κ2) is 8.08. The number of amides is 1. The Labute approximate surface area is 133 Å². The van der Waals surface area contributed by atoms with E-state index in [4.69, 9.17) is 10.8 Å². The largest absolute Gasteiger partial charge is 0.480 e. The minimum absolute atomic E-state index is 0.0807. The Morgan fingerprint density at radius 2 is 2.04 bits per heavy atom. The molecule has 0 spiro atoms. The minimum Gasteiger partial charge on any atom is -0.480 e. The third-order valence-electron chi connectivity index (χ3n) is 2.98. The molecule has 9 nitrogen and oxygen atoms in total. The Kier molecular flexibility index (Phi) is 6.46. The van der Waals surface area contributed by atoms with Crippen LogP contribution in [0.2, 0.25) is 0 Å². The number of carboxylic acids is 1. The number of non-ortho nitro benzene ring substituents is 1. The summed E-state index contributed by atoms with van der Waals surface area (Å²) in [5.41, 5.74) is 5.68. The summed E-state index contributed by atoms with van der Waals surface area (Å²) in [6, 6.07) is 2.61. The van der Waals surface area contributed by atoms with Crippen LogP contribution in [0.5, 0.6) is 0 Å². The van der Waals surface area contributed by atoms with Crippen molar-refractivity contribution < 1.29 is 19.6 Å². The Bertz CT molecular complexity index is 603. The van der Waals surface area contributed by atoms with Gasteiger partial charge in [-0.05, 0) is 18.5 Å². The van der Waals surface area contributed by atoms with E-state index in [1.54, 1.807) is 0 Å². The number of carbonyl (C=O) groups is 2. The Morgan fingerprint density at radius 3 is 2.57 bits per heavy atom. The van der Waals surface area contributed by atoms with Gasteiger partial charge in [0.25, 0.3) is 5.69 Å². The van der Waals surface area contributed by atoms with E-state index in [-0.39, 0.29) is 29.4 Å². The highest BCUT2D eigenvalue weighted by atomic mass is 16.6.